The van der Waals surface area contributed by atoms with Gasteiger partial charge in [-0.3, -0.25) is 0 Å². The van der Waals surface area contributed by atoms with E-state index in [1.54, 1.807) is 18.2 Å². The Balaban J connectivity index is 2.00. The van der Waals surface area contributed by atoms with E-state index in [-0.39, 0.29) is 4.90 Å². The molecule has 4 rings (SSSR count). The van der Waals surface area contributed by atoms with Crippen molar-refractivity contribution < 1.29 is 8.42 Å². The number of aryl methyl sites for hydroxylation is 2. The van der Waals surface area contributed by atoms with Crippen LogP contribution < -0.4 is 0 Å². The van der Waals surface area contributed by atoms with Crippen molar-refractivity contribution >= 4 is 20.7 Å². The minimum atomic E-state index is -3.66. The number of hydrogen-bond acceptors (Lipinski definition) is 3. The number of aromatic nitrogens is 1. The van der Waals surface area contributed by atoms with Gasteiger partial charge in [0.15, 0.2) is 0 Å². The molecular formula is C23H19NO2S. The van der Waals surface area contributed by atoms with Gasteiger partial charge >= 0.3 is 0 Å². The van der Waals surface area contributed by atoms with Crippen molar-refractivity contribution in [3.8, 4) is 11.3 Å². The Morgan fingerprint density at radius 2 is 1.48 bits per heavy atom. The van der Waals surface area contributed by atoms with Crippen molar-refractivity contribution in [1.29, 1.82) is 0 Å². The lowest BCUT2D eigenvalue weighted by Gasteiger charge is -2.11. The van der Waals surface area contributed by atoms with Crippen LogP contribution in [0, 0.1) is 13.8 Å². The Bertz CT molecular complexity index is 1240. The molecule has 0 aliphatic heterocycles. The lowest BCUT2D eigenvalue weighted by molar-refractivity contribution is 0.597. The van der Waals surface area contributed by atoms with Crippen LogP contribution in [0.4, 0.5) is 0 Å². The second kappa shape index (κ2) is 6.63. The molecule has 0 saturated carbocycles. The van der Waals surface area contributed by atoms with E-state index in [0.717, 1.165) is 16.7 Å². The van der Waals surface area contributed by atoms with Crippen molar-refractivity contribution in [2.75, 3.05) is 0 Å². The summed E-state index contributed by atoms with van der Waals surface area (Å²) < 4.78 is 26.8. The van der Waals surface area contributed by atoms with E-state index in [2.05, 4.69) is 0 Å². The first-order valence-electron chi connectivity index (χ1n) is 8.74. The second-order valence-corrected chi connectivity index (χ2v) is 8.63. The molecule has 0 radical (unpaired) electrons. The summed E-state index contributed by atoms with van der Waals surface area (Å²) in [5, 5.41) is 0.634. The van der Waals surface area contributed by atoms with Gasteiger partial charge < -0.3 is 0 Å². The van der Waals surface area contributed by atoms with E-state index in [9.17, 15) is 8.42 Å². The highest BCUT2D eigenvalue weighted by atomic mass is 32.2. The maximum atomic E-state index is 13.4. The fourth-order valence-electron chi connectivity index (χ4n) is 3.16. The van der Waals surface area contributed by atoms with Gasteiger partial charge in [0.1, 0.15) is 0 Å². The smallest absolute Gasteiger partial charge is 0.207 e. The van der Waals surface area contributed by atoms with Gasteiger partial charge in [-0.15, -0.1) is 0 Å². The zero-order valence-electron chi connectivity index (χ0n) is 15.2. The van der Waals surface area contributed by atoms with Gasteiger partial charge in [-0.2, -0.15) is 0 Å². The van der Waals surface area contributed by atoms with Crippen LogP contribution in [-0.2, 0) is 9.84 Å². The number of nitrogens with zero attached hydrogens (tertiary/aromatic N) is 1. The summed E-state index contributed by atoms with van der Waals surface area (Å²) in [6.45, 7) is 3.95. The summed E-state index contributed by atoms with van der Waals surface area (Å²) in [5.74, 6) is 0. The topological polar surface area (TPSA) is 47.0 Å². The third-order valence-corrected chi connectivity index (χ3v) is 6.42. The monoisotopic (exact) mass is 373 g/mol. The summed E-state index contributed by atoms with van der Waals surface area (Å²) in [6.07, 6.45) is 0. The molecule has 3 nitrogen and oxygen atoms in total. The summed E-state index contributed by atoms with van der Waals surface area (Å²) in [6, 6.07) is 23.9. The van der Waals surface area contributed by atoms with Gasteiger partial charge in [0.25, 0.3) is 0 Å². The van der Waals surface area contributed by atoms with E-state index in [1.165, 1.54) is 0 Å². The molecule has 0 bridgehead atoms. The van der Waals surface area contributed by atoms with E-state index in [1.807, 2.05) is 74.5 Å². The number of rotatable bonds is 3. The Morgan fingerprint density at radius 3 is 2.22 bits per heavy atom. The van der Waals surface area contributed by atoms with Crippen LogP contribution in [0.5, 0.6) is 0 Å². The second-order valence-electron chi connectivity index (χ2n) is 6.71. The molecule has 134 valence electrons. The average Bonchev–Trinajstić information content (AvgIpc) is 2.67. The highest BCUT2D eigenvalue weighted by Crippen LogP contribution is 2.31. The van der Waals surface area contributed by atoms with Gasteiger partial charge in [0.05, 0.1) is 21.0 Å². The van der Waals surface area contributed by atoms with E-state index >= 15 is 0 Å². The van der Waals surface area contributed by atoms with Crippen LogP contribution in [0.25, 0.3) is 22.2 Å². The van der Waals surface area contributed by atoms with Crippen LogP contribution in [0.2, 0.25) is 0 Å². The minimum Gasteiger partial charge on any atom is -0.248 e. The fourth-order valence-corrected chi connectivity index (χ4v) is 4.64. The number of hydrogen-bond donors (Lipinski definition) is 0. The quantitative estimate of drug-likeness (QED) is 0.486. The molecule has 1 heterocycles. The minimum absolute atomic E-state index is 0.286. The lowest BCUT2D eigenvalue weighted by atomic mass is 10.1. The first-order valence-corrected chi connectivity index (χ1v) is 10.2. The average molecular weight is 373 g/mol. The summed E-state index contributed by atoms with van der Waals surface area (Å²) in [4.78, 5) is 5.28. The molecule has 0 saturated heterocycles. The standard InChI is InChI=1S/C23H19NO2S/c1-16-10-12-19(13-11-16)27(25,26)23-15-22(18-7-5-6-17(2)14-18)24-21-9-4-3-8-20(21)23/h3-15H,1-2H3. The molecule has 4 heteroatoms. The first-order chi connectivity index (χ1) is 12.9. The normalized spacial score (nSPS) is 11.6. The largest absolute Gasteiger partial charge is 0.248 e. The lowest BCUT2D eigenvalue weighted by Crippen LogP contribution is -2.04. The zero-order valence-corrected chi connectivity index (χ0v) is 16.0. The maximum absolute atomic E-state index is 13.4. The van der Waals surface area contributed by atoms with Crippen molar-refractivity contribution in [1.82, 2.24) is 4.98 Å². The zero-order chi connectivity index (χ0) is 19.0. The molecule has 0 atom stereocenters. The predicted octanol–water partition coefficient (Wildman–Crippen LogP) is 5.35. The van der Waals surface area contributed by atoms with Crippen molar-refractivity contribution in [3.63, 3.8) is 0 Å². The van der Waals surface area contributed by atoms with Crippen LogP contribution in [0.1, 0.15) is 11.1 Å². The Morgan fingerprint density at radius 1 is 0.741 bits per heavy atom. The van der Waals surface area contributed by atoms with E-state index in [0.29, 0.717) is 21.5 Å². The van der Waals surface area contributed by atoms with Gasteiger partial charge in [-0.05, 0) is 44.2 Å². The number of benzene rings is 3. The molecule has 0 aliphatic carbocycles. The molecule has 0 spiro atoms. The summed E-state index contributed by atoms with van der Waals surface area (Å²) in [5.41, 5.74) is 4.35. The highest BCUT2D eigenvalue weighted by Gasteiger charge is 2.22. The molecule has 0 amide bonds. The molecule has 4 aromatic rings. The van der Waals surface area contributed by atoms with Crippen molar-refractivity contribution in [3.05, 3.63) is 90.0 Å². The molecule has 27 heavy (non-hydrogen) atoms. The van der Waals surface area contributed by atoms with Crippen LogP contribution >= 0.6 is 0 Å². The molecular weight excluding hydrogens is 354 g/mol. The molecule has 0 unspecified atom stereocenters. The number of sulfone groups is 1. The number of para-hydroxylation sites is 1. The van der Waals surface area contributed by atoms with Crippen LogP contribution in [-0.4, -0.2) is 13.4 Å². The number of fused-ring (bicyclic) bond motifs is 1. The van der Waals surface area contributed by atoms with Gasteiger partial charge in [0, 0.05) is 10.9 Å². The SMILES string of the molecule is Cc1ccc(S(=O)(=O)c2cc(-c3cccc(C)c3)nc3ccccc23)cc1. The van der Waals surface area contributed by atoms with Crippen LogP contribution in [0.3, 0.4) is 0 Å². The fraction of sp³-hybridized carbons (Fsp3) is 0.0870. The Hall–Kier alpha value is -2.98. The predicted molar refractivity (Wildman–Crippen MR) is 109 cm³/mol. The third kappa shape index (κ3) is 3.24. The van der Waals surface area contributed by atoms with E-state index in [4.69, 9.17) is 4.98 Å². The molecule has 0 N–H and O–H groups in total. The molecule has 0 fully saturated rings. The third-order valence-electron chi connectivity index (χ3n) is 4.61. The van der Waals surface area contributed by atoms with Crippen molar-refractivity contribution in [2.24, 2.45) is 0 Å². The van der Waals surface area contributed by atoms with Gasteiger partial charge in [-0.1, -0.05) is 59.7 Å². The highest BCUT2D eigenvalue weighted by molar-refractivity contribution is 7.91. The Kier molecular flexibility index (Phi) is 4.28. The van der Waals surface area contributed by atoms with Gasteiger partial charge in [0.2, 0.25) is 9.84 Å². The summed E-state index contributed by atoms with van der Waals surface area (Å²) >= 11 is 0. The molecule has 1 aromatic heterocycles. The number of pyridine rings is 1. The maximum Gasteiger partial charge on any atom is 0.207 e. The van der Waals surface area contributed by atoms with E-state index < -0.39 is 9.84 Å². The van der Waals surface area contributed by atoms with Crippen LogP contribution in [0.15, 0.2) is 88.7 Å². The molecule has 3 aromatic carbocycles. The molecule has 0 aliphatic rings. The van der Waals surface area contributed by atoms with Gasteiger partial charge in [-0.25, -0.2) is 13.4 Å². The first kappa shape index (κ1) is 17.4. The Labute approximate surface area is 159 Å². The van der Waals surface area contributed by atoms with Crippen molar-refractivity contribution in [2.45, 2.75) is 23.6 Å². The summed E-state index contributed by atoms with van der Waals surface area (Å²) in [7, 11) is -3.66.